The van der Waals surface area contributed by atoms with Gasteiger partial charge in [0.1, 0.15) is 0 Å². The predicted octanol–water partition coefficient (Wildman–Crippen LogP) is 2.04. The molecule has 1 amide bonds. The Morgan fingerprint density at radius 3 is 2.75 bits per heavy atom. The van der Waals surface area contributed by atoms with Crippen LogP contribution in [-0.2, 0) is 9.53 Å². The Morgan fingerprint density at radius 1 is 1.44 bits per heavy atom. The third kappa shape index (κ3) is 2.61. The van der Waals surface area contributed by atoms with Crippen LogP contribution in [0.3, 0.4) is 0 Å². The molecule has 0 aliphatic carbocycles. The van der Waals surface area contributed by atoms with Crippen LogP contribution >= 0.6 is 0 Å². The van der Waals surface area contributed by atoms with Crippen LogP contribution in [0.2, 0.25) is 0 Å². The van der Waals surface area contributed by atoms with Crippen LogP contribution < -0.4 is 5.32 Å². The summed E-state index contributed by atoms with van der Waals surface area (Å²) in [6.07, 6.45) is 2.21. The molecule has 3 heteroatoms. The molecule has 3 nitrogen and oxygen atoms in total. The number of hydrogen-bond acceptors (Lipinski definition) is 2. The Morgan fingerprint density at radius 2 is 2.19 bits per heavy atom. The molecule has 1 aliphatic rings. The first-order valence-electron chi connectivity index (χ1n) is 5.71. The van der Waals surface area contributed by atoms with Gasteiger partial charge in [-0.1, -0.05) is 30.3 Å². The van der Waals surface area contributed by atoms with Crippen molar-refractivity contribution < 1.29 is 9.53 Å². The summed E-state index contributed by atoms with van der Waals surface area (Å²) < 4.78 is 5.66. The van der Waals surface area contributed by atoms with Crippen molar-refractivity contribution in [1.82, 2.24) is 5.32 Å². The van der Waals surface area contributed by atoms with E-state index in [9.17, 15) is 4.79 Å². The summed E-state index contributed by atoms with van der Waals surface area (Å²) in [5, 5.41) is 2.97. The van der Waals surface area contributed by atoms with Crippen LogP contribution in [-0.4, -0.2) is 18.6 Å². The molecule has 1 fully saturated rings. The van der Waals surface area contributed by atoms with E-state index in [1.165, 1.54) is 0 Å². The molecule has 0 unspecified atom stereocenters. The van der Waals surface area contributed by atoms with Gasteiger partial charge in [-0.25, -0.2) is 0 Å². The Hall–Kier alpha value is -1.35. The summed E-state index contributed by atoms with van der Waals surface area (Å²) in [7, 11) is 0. The summed E-state index contributed by atoms with van der Waals surface area (Å²) >= 11 is 0. The number of rotatable bonds is 3. The number of ether oxygens (including phenoxy) is 1. The number of hydrogen-bond donors (Lipinski definition) is 1. The van der Waals surface area contributed by atoms with Crippen LogP contribution in [0, 0.1) is 0 Å². The SMILES string of the molecule is CC(=O)N[C@@H](c1ccccc1)[C@@H]1CCCO1. The topological polar surface area (TPSA) is 38.3 Å². The molecule has 1 aliphatic heterocycles. The van der Waals surface area contributed by atoms with Gasteiger partial charge in [-0.05, 0) is 18.4 Å². The number of carbonyl (C=O) groups is 1. The van der Waals surface area contributed by atoms with Gasteiger partial charge in [-0.3, -0.25) is 4.79 Å². The summed E-state index contributed by atoms with van der Waals surface area (Å²) in [5.41, 5.74) is 1.12. The first-order chi connectivity index (χ1) is 7.77. The van der Waals surface area contributed by atoms with Gasteiger partial charge in [0, 0.05) is 13.5 Å². The molecule has 0 spiro atoms. The molecule has 1 aromatic carbocycles. The van der Waals surface area contributed by atoms with Crippen molar-refractivity contribution in [3.8, 4) is 0 Å². The van der Waals surface area contributed by atoms with Crippen molar-refractivity contribution in [2.75, 3.05) is 6.61 Å². The van der Waals surface area contributed by atoms with Gasteiger partial charge in [-0.15, -0.1) is 0 Å². The van der Waals surface area contributed by atoms with Crippen molar-refractivity contribution in [2.45, 2.75) is 31.9 Å². The third-order valence-electron chi connectivity index (χ3n) is 2.85. The lowest BCUT2D eigenvalue weighted by atomic mass is 9.99. The molecule has 1 saturated heterocycles. The van der Waals surface area contributed by atoms with E-state index in [2.05, 4.69) is 5.32 Å². The van der Waals surface area contributed by atoms with E-state index in [1.54, 1.807) is 6.92 Å². The van der Waals surface area contributed by atoms with Crippen LogP contribution in [0.1, 0.15) is 31.4 Å². The maximum atomic E-state index is 11.2. The summed E-state index contributed by atoms with van der Waals surface area (Å²) in [4.78, 5) is 11.2. The van der Waals surface area contributed by atoms with Crippen molar-refractivity contribution in [1.29, 1.82) is 0 Å². The molecular weight excluding hydrogens is 202 g/mol. The molecule has 0 radical (unpaired) electrons. The van der Waals surface area contributed by atoms with E-state index in [4.69, 9.17) is 4.74 Å². The highest BCUT2D eigenvalue weighted by molar-refractivity contribution is 5.73. The molecule has 0 aromatic heterocycles. The Bertz CT molecular complexity index is 344. The largest absolute Gasteiger partial charge is 0.376 e. The van der Waals surface area contributed by atoms with Crippen LogP contribution in [0.25, 0.3) is 0 Å². The minimum atomic E-state index is -0.0128. The average Bonchev–Trinajstić information content (AvgIpc) is 2.80. The molecule has 1 N–H and O–H groups in total. The highest BCUT2D eigenvalue weighted by Crippen LogP contribution is 2.26. The lowest BCUT2D eigenvalue weighted by molar-refractivity contribution is -0.120. The number of benzene rings is 1. The minimum absolute atomic E-state index is 0.00986. The van der Waals surface area contributed by atoms with Crippen LogP contribution in [0.15, 0.2) is 30.3 Å². The number of carbonyl (C=O) groups excluding carboxylic acids is 1. The molecular formula is C13H17NO2. The van der Waals surface area contributed by atoms with E-state index >= 15 is 0 Å². The van der Waals surface area contributed by atoms with E-state index in [0.29, 0.717) is 0 Å². The normalized spacial score (nSPS) is 21.7. The maximum Gasteiger partial charge on any atom is 0.217 e. The predicted molar refractivity (Wildman–Crippen MR) is 62.0 cm³/mol. The fourth-order valence-electron chi connectivity index (χ4n) is 2.14. The van der Waals surface area contributed by atoms with Gasteiger partial charge in [-0.2, -0.15) is 0 Å². The molecule has 2 rings (SSSR count). The third-order valence-corrected chi connectivity index (χ3v) is 2.85. The summed E-state index contributed by atoms with van der Waals surface area (Å²) in [5.74, 6) is -0.00986. The second-order valence-electron chi connectivity index (χ2n) is 4.14. The van der Waals surface area contributed by atoms with E-state index in [-0.39, 0.29) is 18.1 Å². The van der Waals surface area contributed by atoms with Gasteiger partial charge in [0.2, 0.25) is 5.91 Å². The number of amides is 1. The van der Waals surface area contributed by atoms with Crippen molar-refractivity contribution in [2.24, 2.45) is 0 Å². The first-order valence-corrected chi connectivity index (χ1v) is 5.71. The second kappa shape index (κ2) is 5.12. The second-order valence-corrected chi connectivity index (χ2v) is 4.14. The van der Waals surface area contributed by atoms with Crippen molar-refractivity contribution >= 4 is 5.91 Å². The van der Waals surface area contributed by atoms with Crippen molar-refractivity contribution in [3.05, 3.63) is 35.9 Å². The zero-order valence-corrected chi connectivity index (χ0v) is 9.48. The molecule has 1 heterocycles. The lowest BCUT2D eigenvalue weighted by Gasteiger charge is -2.24. The quantitative estimate of drug-likeness (QED) is 0.844. The van der Waals surface area contributed by atoms with E-state index in [0.717, 1.165) is 25.0 Å². The van der Waals surface area contributed by atoms with Crippen LogP contribution in [0.4, 0.5) is 0 Å². The maximum absolute atomic E-state index is 11.2. The van der Waals surface area contributed by atoms with Gasteiger partial charge < -0.3 is 10.1 Å². The first kappa shape index (κ1) is 11.1. The van der Waals surface area contributed by atoms with Crippen LogP contribution in [0.5, 0.6) is 0 Å². The smallest absolute Gasteiger partial charge is 0.217 e. The molecule has 16 heavy (non-hydrogen) atoms. The van der Waals surface area contributed by atoms with Gasteiger partial charge in [0.05, 0.1) is 12.1 Å². The summed E-state index contributed by atoms with van der Waals surface area (Å²) in [6.45, 7) is 2.35. The fourth-order valence-corrected chi connectivity index (χ4v) is 2.14. The fraction of sp³-hybridized carbons (Fsp3) is 0.462. The molecule has 2 atom stereocenters. The monoisotopic (exact) mass is 219 g/mol. The lowest BCUT2D eigenvalue weighted by Crippen LogP contribution is -2.34. The van der Waals surface area contributed by atoms with Crippen molar-refractivity contribution in [3.63, 3.8) is 0 Å². The van der Waals surface area contributed by atoms with E-state index < -0.39 is 0 Å². The summed E-state index contributed by atoms with van der Waals surface area (Å²) in [6, 6.07) is 9.99. The molecule has 0 bridgehead atoms. The molecule has 86 valence electrons. The highest BCUT2D eigenvalue weighted by Gasteiger charge is 2.27. The Balaban J connectivity index is 2.16. The minimum Gasteiger partial charge on any atom is -0.376 e. The number of nitrogens with one attached hydrogen (secondary N) is 1. The molecule has 1 aromatic rings. The Labute approximate surface area is 95.8 Å². The van der Waals surface area contributed by atoms with Gasteiger partial charge in [0.15, 0.2) is 0 Å². The Kier molecular flexibility index (Phi) is 3.57. The van der Waals surface area contributed by atoms with Gasteiger partial charge >= 0.3 is 0 Å². The van der Waals surface area contributed by atoms with Gasteiger partial charge in [0.25, 0.3) is 0 Å². The average molecular weight is 219 g/mol. The standard InChI is InChI=1S/C13H17NO2/c1-10(15)14-13(12-8-5-9-16-12)11-6-3-2-4-7-11/h2-4,6-7,12-13H,5,8-9H2,1H3,(H,14,15)/t12-,13-/m0/s1. The van der Waals surface area contributed by atoms with E-state index in [1.807, 2.05) is 30.3 Å². The highest BCUT2D eigenvalue weighted by atomic mass is 16.5. The molecule has 0 saturated carbocycles. The zero-order chi connectivity index (χ0) is 11.4. The zero-order valence-electron chi connectivity index (χ0n) is 9.48.